The third kappa shape index (κ3) is 3.72. The molecule has 1 fully saturated rings. The molecule has 2 rings (SSSR count). The van der Waals surface area contributed by atoms with Gasteiger partial charge < -0.3 is 15.2 Å². The quantitative estimate of drug-likeness (QED) is 0.872. The van der Waals surface area contributed by atoms with E-state index in [0.717, 1.165) is 44.8 Å². The van der Waals surface area contributed by atoms with Crippen LogP contribution in [0.15, 0.2) is 24.3 Å². The molecule has 2 N–H and O–H groups in total. The van der Waals surface area contributed by atoms with Gasteiger partial charge in [0.1, 0.15) is 11.9 Å². The molecule has 1 aliphatic heterocycles. The molecule has 0 bridgehead atoms. The highest BCUT2D eigenvalue weighted by Crippen LogP contribution is 2.24. The van der Waals surface area contributed by atoms with Crippen LogP contribution >= 0.6 is 0 Å². The zero-order chi connectivity index (χ0) is 12.8. The van der Waals surface area contributed by atoms with E-state index in [1.807, 2.05) is 6.07 Å². The minimum absolute atomic E-state index is 0.304. The zero-order valence-electron chi connectivity index (χ0n) is 11.1. The highest BCUT2D eigenvalue weighted by molar-refractivity contribution is 5.30. The van der Waals surface area contributed by atoms with Crippen molar-refractivity contribution in [2.24, 2.45) is 5.73 Å². The van der Waals surface area contributed by atoms with Gasteiger partial charge in [-0.15, -0.1) is 0 Å². The van der Waals surface area contributed by atoms with Gasteiger partial charge in [0.15, 0.2) is 0 Å². The van der Waals surface area contributed by atoms with Gasteiger partial charge in [-0.3, -0.25) is 0 Å². The molecule has 3 heteroatoms. The van der Waals surface area contributed by atoms with Gasteiger partial charge in [0.05, 0.1) is 13.2 Å². The molecule has 1 atom stereocenters. The summed E-state index contributed by atoms with van der Waals surface area (Å²) in [4.78, 5) is 0. The van der Waals surface area contributed by atoms with E-state index in [1.54, 1.807) is 0 Å². The number of rotatable bonds is 5. The first-order chi connectivity index (χ1) is 8.79. The van der Waals surface area contributed by atoms with Crippen molar-refractivity contribution in [1.29, 1.82) is 0 Å². The van der Waals surface area contributed by atoms with Crippen LogP contribution in [0.1, 0.15) is 37.7 Å². The Bertz CT molecular complexity index is 361. The maximum absolute atomic E-state index is 6.01. The average Bonchev–Trinajstić information content (AvgIpc) is 2.40. The normalized spacial score (nSPS) is 18.6. The second-order valence-electron chi connectivity index (χ2n) is 4.98. The van der Waals surface area contributed by atoms with Crippen molar-refractivity contribution < 1.29 is 9.47 Å². The third-order valence-electron chi connectivity index (χ3n) is 3.50. The second kappa shape index (κ2) is 6.76. The van der Waals surface area contributed by atoms with Crippen LogP contribution in [0.4, 0.5) is 0 Å². The molecule has 1 unspecified atom stereocenters. The summed E-state index contributed by atoms with van der Waals surface area (Å²) in [5.74, 6) is 1.47. The molecular formula is C15H23NO2. The summed E-state index contributed by atoms with van der Waals surface area (Å²) < 4.78 is 11.4. The average molecular weight is 249 g/mol. The Morgan fingerprint density at radius 3 is 2.89 bits per heavy atom. The van der Waals surface area contributed by atoms with Crippen molar-refractivity contribution in [2.75, 3.05) is 19.8 Å². The molecule has 1 aromatic rings. The summed E-state index contributed by atoms with van der Waals surface area (Å²) in [7, 11) is 0. The Kier molecular flexibility index (Phi) is 5.02. The molecule has 0 radical (unpaired) electrons. The summed E-state index contributed by atoms with van der Waals surface area (Å²) in [5.41, 5.74) is 6.92. The van der Waals surface area contributed by atoms with E-state index >= 15 is 0 Å². The molecule has 0 amide bonds. The first-order valence-electron chi connectivity index (χ1n) is 6.84. The van der Waals surface area contributed by atoms with Crippen molar-refractivity contribution >= 4 is 0 Å². The number of nitrogens with two attached hydrogens (primary N) is 1. The van der Waals surface area contributed by atoms with Gasteiger partial charge in [0.2, 0.25) is 0 Å². The maximum atomic E-state index is 6.01. The predicted octanol–water partition coefficient (Wildman–Crippen LogP) is 2.70. The molecule has 0 aliphatic carbocycles. The third-order valence-corrected chi connectivity index (χ3v) is 3.50. The Morgan fingerprint density at radius 2 is 2.17 bits per heavy atom. The predicted molar refractivity (Wildman–Crippen MR) is 73.0 cm³/mol. The van der Waals surface area contributed by atoms with Gasteiger partial charge in [0.25, 0.3) is 0 Å². The van der Waals surface area contributed by atoms with Crippen LogP contribution in [-0.2, 0) is 4.74 Å². The van der Waals surface area contributed by atoms with Crippen LogP contribution in [0.5, 0.6) is 5.75 Å². The van der Waals surface area contributed by atoms with E-state index in [4.69, 9.17) is 15.2 Å². The molecule has 1 aromatic carbocycles. The summed E-state index contributed by atoms with van der Waals surface area (Å²) >= 11 is 0. The van der Waals surface area contributed by atoms with Crippen molar-refractivity contribution in [2.45, 2.75) is 38.2 Å². The van der Waals surface area contributed by atoms with E-state index in [0.29, 0.717) is 12.0 Å². The van der Waals surface area contributed by atoms with Crippen LogP contribution in [0.25, 0.3) is 0 Å². The molecule has 0 saturated carbocycles. The molecule has 1 saturated heterocycles. The van der Waals surface area contributed by atoms with Crippen molar-refractivity contribution in [3.8, 4) is 5.75 Å². The summed E-state index contributed by atoms with van der Waals surface area (Å²) in [6.45, 7) is 4.56. The summed E-state index contributed by atoms with van der Waals surface area (Å²) in [6, 6.07) is 8.40. The molecule has 18 heavy (non-hydrogen) atoms. The van der Waals surface area contributed by atoms with E-state index in [-0.39, 0.29) is 0 Å². The maximum Gasteiger partial charge on any atom is 0.120 e. The minimum Gasteiger partial charge on any atom is -0.490 e. The fourth-order valence-electron chi connectivity index (χ4n) is 2.30. The molecule has 0 spiro atoms. The summed E-state index contributed by atoms with van der Waals surface area (Å²) in [5, 5.41) is 0. The van der Waals surface area contributed by atoms with Gasteiger partial charge >= 0.3 is 0 Å². The van der Waals surface area contributed by atoms with E-state index in [9.17, 15) is 0 Å². The Balaban J connectivity index is 1.97. The zero-order valence-corrected chi connectivity index (χ0v) is 11.1. The van der Waals surface area contributed by atoms with Crippen LogP contribution in [0.3, 0.4) is 0 Å². The van der Waals surface area contributed by atoms with E-state index < -0.39 is 0 Å². The fraction of sp³-hybridized carbons (Fsp3) is 0.600. The first kappa shape index (κ1) is 13.4. The van der Waals surface area contributed by atoms with Crippen LogP contribution in [-0.4, -0.2) is 25.9 Å². The van der Waals surface area contributed by atoms with Crippen molar-refractivity contribution in [3.63, 3.8) is 0 Å². The lowest BCUT2D eigenvalue weighted by atomic mass is 9.98. The van der Waals surface area contributed by atoms with Gasteiger partial charge in [-0.2, -0.15) is 0 Å². The number of ether oxygens (including phenoxy) is 2. The van der Waals surface area contributed by atoms with E-state index in [2.05, 4.69) is 25.1 Å². The lowest BCUT2D eigenvalue weighted by Crippen LogP contribution is -2.25. The number of hydrogen-bond acceptors (Lipinski definition) is 3. The molecule has 1 aliphatic rings. The Hall–Kier alpha value is -1.06. The van der Waals surface area contributed by atoms with Gasteiger partial charge in [-0.05, 0) is 36.6 Å². The van der Waals surface area contributed by atoms with E-state index in [1.165, 1.54) is 5.56 Å². The smallest absolute Gasteiger partial charge is 0.120 e. The van der Waals surface area contributed by atoms with Crippen LogP contribution in [0.2, 0.25) is 0 Å². The molecule has 0 aromatic heterocycles. The van der Waals surface area contributed by atoms with Gasteiger partial charge in [-0.25, -0.2) is 0 Å². The molecule has 1 heterocycles. The Morgan fingerprint density at radius 1 is 1.39 bits per heavy atom. The lowest BCUT2D eigenvalue weighted by Gasteiger charge is -2.23. The lowest BCUT2D eigenvalue weighted by molar-refractivity contribution is 0.0255. The SMILES string of the molecule is CC(CCN)c1cccc(OC2CCOCC2)c1. The minimum atomic E-state index is 0.304. The monoisotopic (exact) mass is 249 g/mol. The van der Waals surface area contributed by atoms with Crippen LogP contribution in [0, 0.1) is 0 Å². The van der Waals surface area contributed by atoms with Gasteiger partial charge in [-0.1, -0.05) is 19.1 Å². The molecule has 100 valence electrons. The second-order valence-corrected chi connectivity index (χ2v) is 4.98. The topological polar surface area (TPSA) is 44.5 Å². The molecular weight excluding hydrogens is 226 g/mol. The summed E-state index contributed by atoms with van der Waals surface area (Å²) in [6.07, 6.45) is 3.30. The first-order valence-corrected chi connectivity index (χ1v) is 6.84. The standard InChI is InChI=1S/C15H23NO2/c1-12(5-8-16)13-3-2-4-15(11-13)18-14-6-9-17-10-7-14/h2-4,11-12,14H,5-10,16H2,1H3. The highest BCUT2D eigenvalue weighted by atomic mass is 16.5. The van der Waals surface area contributed by atoms with Gasteiger partial charge in [0, 0.05) is 12.8 Å². The highest BCUT2D eigenvalue weighted by Gasteiger charge is 2.15. The van der Waals surface area contributed by atoms with Crippen molar-refractivity contribution in [3.05, 3.63) is 29.8 Å². The van der Waals surface area contributed by atoms with Crippen molar-refractivity contribution in [1.82, 2.24) is 0 Å². The number of hydrogen-bond donors (Lipinski definition) is 1. The fourth-order valence-corrected chi connectivity index (χ4v) is 2.30. The Labute approximate surface area is 109 Å². The largest absolute Gasteiger partial charge is 0.490 e. The number of benzene rings is 1. The van der Waals surface area contributed by atoms with Crippen LogP contribution < -0.4 is 10.5 Å². The molecule has 3 nitrogen and oxygen atoms in total.